The summed E-state index contributed by atoms with van der Waals surface area (Å²) in [5, 5.41) is 5.82. The Balaban J connectivity index is 2.76. The molecular weight excluding hydrogens is 262 g/mol. The molecule has 0 saturated carbocycles. The molecule has 6 heteroatoms. The number of nitrogens with two attached hydrogens (primary N) is 1. The van der Waals surface area contributed by atoms with Crippen LogP contribution in [0.25, 0.3) is 0 Å². The summed E-state index contributed by atoms with van der Waals surface area (Å²) < 4.78 is 11.1. The summed E-state index contributed by atoms with van der Waals surface area (Å²) in [6, 6.07) is 5.27. The quantitative estimate of drug-likeness (QED) is 0.685. The minimum absolute atomic E-state index is 0.145. The minimum Gasteiger partial charge on any atom is -0.397 e. The van der Waals surface area contributed by atoms with Gasteiger partial charge < -0.3 is 16.4 Å². The van der Waals surface area contributed by atoms with Crippen LogP contribution in [-0.2, 0) is 10.8 Å². The van der Waals surface area contributed by atoms with Crippen LogP contribution in [0.4, 0.5) is 11.4 Å². The molecule has 0 saturated heterocycles. The highest BCUT2D eigenvalue weighted by Gasteiger charge is 2.09. The summed E-state index contributed by atoms with van der Waals surface area (Å²) in [5.74, 6) is 0.494. The Morgan fingerprint density at radius 2 is 2.16 bits per heavy atom. The number of nitrogen functional groups attached to an aromatic ring is 1. The van der Waals surface area contributed by atoms with Crippen molar-refractivity contribution in [3.63, 3.8) is 0 Å². The summed E-state index contributed by atoms with van der Waals surface area (Å²) in [6.45, 7) is 2.00. The summed E-state index contributed by atoms with van der Waals surface area (Å²) >= 11 is 0. The SMILES string of the molecule is CNC(=O)c1ccc(N)c(NC(C)CCS(C)=O)c1. The van der Waals surface area contributed by atoms with Gasteiger partial charge in [-0.1, -0.05) is 0 Å². The molecule has 0 spiro atoms. The van der Waals surface area contributed by atoms with Crippen LogP contribution in [0.2, 0.25) is 0 Å². The van der Waals surface area contributed by atoms with Gasteiger partial charge in [-0.05, 0) is 31.5 Å². The molecular formula is C13H21N3O2S. The van der Waals surface area contributed by atoms with Crippen molar-refractivity contribution in [3.05, 3.63) is 23.8 Å². The molecule has 0 radical (unpaired) electrons. The van der Waals surface area contributed by atoms with Gasteiger partial charge >= 0.3 is 0 Å². The van der Waals surface area contributed by atoms with Crippen LogP contribution in [0.1, 0.15) is 23.7 Å². The average Bonchev–Trinajstić information content (AvgIpc) is 2.38. The van der Waals surface area contributed by atoms with Crippen molar-refractivity contribution < 1.29 is 9.00 Å². The lowest BCUT2D eigenvalue weighted by molar-refractivity contribution is 0.0963. The number of hydrogen-bond donors (Lipinski definition) is 3. The second-order valence-electron chi connectivity index (χ2n) is 4.49. The van der Waals surface area contributed by atoms with E-state index < -0.39 is 10.8 Å². The monoisotopic (exact) mass is 283 g/mol. The van der Waals surface area contributed by atoms with E-state index in [1.807, 2.05) is 6.92 Å². The number of rotatable bonds is 6. The molecule has 0 fully saturated rings. The van der Waals surface area contributed by atoms with Crippen LogP contribution in [0.5, 0.6) is 0 Å². The van der Waals surface area contributed by atoms with Crippen molar-refractivity contribution >= 4 is 28.1 Å². The number of nitrogens with one attached hydrogen (secondary N) is 2. The normalized spacial score (nSPS) is 13.6. The topological polar surface area (TPSA) is 84.2 Å². The predicted molar refractivity (Wildman–Crippen MR) is 80.9 cm³/mol. The zero-order valence-electron chi connectivity index (χ0n) is 11.5. The molecule has 0 bridgehead atoms. The molecule has 0 heterocycles. The fourth-order valence-electron chi connectivity index (χ4n) is 1.65. The molecule has 4 N–H and O–H groups in total. The summed E-state index contributed by atoms with van der Waals surface area (Å²) in [7, 11) is 0.790. The Morgan fingerprint density at radius 3 is 2.74 bits per heavy atom. The predicted octanol–water partition coefficient (Wildman–Crippen LogP) is 1.20. The van der Waals surface area contributed by atoms with E-state index in [1.165, 1.54) is 0 Å². The van der Waals surface area contributed by atoms with Crippen molar-refractivity contribution in [2.24, 2.45) is 0 Å². The third-order valence-corrected chi connectivity index (χ3v) is 3.59. The molecule has 1 aromatic rings. The highest BCUT2D eigenvalue weighted by atomic mass is 32.2. The average molecular weight is 283 g/mol. The van der Waals surface area contributed by atoms with E-state index in [2.05, 4.69) is 10.6 Å². The maximum absolute atomic E-state index is 11.6. The van der Waals surface area contributed by atoms with E-state index in [0.29, 0.717) is 17.0 Å². The number of carbonyl (C=O) groups excluding carboxylic acids is 1. The summed E-state index contributed by atoms with van der Waals surface area (Å²) in [4.78, 5) is 11.6. The van der Waals surface area contributed by atoms with Gasteiger partial charge in [0.15, 0.2) is 0 Å². The Bertz CT molecular complexity index is 477. The molecule has 2 unspecified atom stereocenters. The van der Waals surface area contributed by atoms with Crippen molar-refractivity contribution in [1.29, 1.82) is 0 Å². The Kier molecular flexibility index (Phi) is 5.82. The molecule has 1 amide bonds. The highest BCUT2D eigenvalue weighted by molar-refractivity contribution is 7.84. The van der Waals surface area contributed by atoms with Gasteiger partial charge in [-0.25, -0.2) is 0 Å². The number of benzene rings is 1. The van der Waals surface area contributed by atoms with Gasteiger partial charge in [0.05, 0.1) is 11.4 Å². The van der Waals surface area contributed by atoms with Crippen molar-refractivity contribution in [1.82, 2.24) is 5.32 Å². The van der Waals surface area contributed by atoms with E-state index in [1.54, 1.807) is 31.5 Å². The third-order valence-electron chi connectivity index (χ3n) is 2.78. The molecule has 106 valence electrons. The van der Waals surface area contributed by atoms with Crippen LogP contribution >= 0.6 is 0 Å². The van der Waals surface area contributed by atoms with Gasteiger partial charge in [-0.3, -0.25) is 9.00 Å². The molecule has 0 aromatic heterocycles. The lowest BCUT2D eigenvalue weighted by Gasteiger charge is -2.17. The van der Waals surface area contributed by atoms with Gasteiger partial charge in [-0.2, -0.15) is 0 Å². The largest absolute Gasteiger partial charge is 0.397 e. The zero-order chi connectivity index (χ0) is 14.4. The van der Waals surface area contributed by atoms with Crippen LogP contribution in [0.3, 0.4) is 0 Å². The van der Waals surface area contributed by atoms with Gasteiger partial charge in [0.25, 0.3) is 5.91 Å². The molecule has 1 aromatic carbocycles. The summed E-state index contributed by atoms with van der Waals surface area (Å²) in [5.41, 5.74) is 7.77. The number of anilines is 2. The fourth-order valence-corrected chi connectivity index (χ4v) is 2.33. The van der Waals surface area contributed by atoms with Crippen molar-refractivity contribution in [2.45, 2.75) is 19.4 Å². The van der Waals surface area contributed by atoms with Gasteiger partial charge in [-0.15, -0.1) is 0 Å². The molecule has 0 aliphatic carbocycles. The van der Waals surface area contributed by atoms with Crippen LogP contribution in [0, 0.1) is 0 Å². The number of carbonyl (C=O) groups is 1. The lowest BCUT2D eigenvalue weighted by Crippen LogP contribution is -2.21. The highest BCUT2D eigenvalue weighted by Crippen LogP contribution is 2.21. The van der Waals surface area contributed by atoms with E-state index in [9.17, 15) is 9.00 Å². The number of hydrogen-bond acceptors (Lipinski definition) is 4. The molecule has 2 atom stereocenters. The Labute approximate surface area is 116 Å². The van der Waals surface area contributed by atoms with E-state index in [0.717, 1.165) is 12.1 Å². The lowest BCUT2D eigenvalue weighted by atomic mass is 10.1. The molecule has 19 heavy (non-hydrogen) atoms. The first-order valence-corrected chi connectivity index (χ1v) is 7.85. The third kappa shape index (κ3) is 4.90. The van der Waals surface area contributed by atoms with E-state index >= 15 is 0 Å². The summed E-state index contributed by atoms with van der Waals surface area (Å²) in [6.07, 6.45) is 2.47. The van der Waals surface area contributed by atoms with Gasteiger partial charge in [0.2, 0.25) is 0 Å². The van der Waals surface area contributed by atoms with Crippen LogP contribution < -0.4 is 16.4 Å². The first kappa shape index (κ1) is 15.5. The molecule has 0 aliphatic heterocycles. The first-order chi connectivity index (χ1) is 8.93. The maximum atomic E-state index is 11.6. The van der Waals surface area contributed by atoms with Gasteiger partial charge in [0.1, 0.15) is 0 Å². The molecule has 0 aliphatic rings. The van der Waals surface area contributed by atoms with Gasteiger partial charge in [0, 0.05) is 41.5 Å². The van der Waals surface area contributed by atoms with Crippen LogP contribution in [0.15, 0.2) is 18.2 Å². The molecule has 5 nitrogen and oxygen atoms in total. The minimum atomic E-state index is -0.798. The fraction of sp³-hybridized carbons (Fsp3) is 0.462. The standard InChI is InChI=1S/C13H21N3O2S/c1-9(6-7-19(3)18)16-12-8-10(13(17)15-2)4-5-11(12)14/h4-5,8-9,16H,6-7,14H2,1-3H3,(H,15,17). The first-order valence-electron chi connectivity index (χ1n) is 6.12. The second-order valence-corrected chi connectivity index (χ2v) is 6.05. The smallest absolute Gasteiger partial charge is 0.251 e. The Hall–Kier alpha value is -1.56. The second kappa shape index (κ2) is 7.13. The van der Waals surface area contributed by atoms with E-state index in [4.69, 9.17) is 5.73 Å². The van der Waals surface area contributed by atoms with Crippen molar-refractivity contribution in [2.75, 3.05) is 30.1 Å². The van der Waals surface area contributed by atoms with Crippen LogP contribution in [-0.4, -0.2) is 35.2 Å². The zero-order valence-corrected chi connectivity index (χ0v) is 12.3. The molecule has 1 rings (SSSR count). The Morgan fingerprint density at radius 1 is 1.47 bits per heavy atom. The number of amides is 1. The van der Waals surface area contributed by atoms with E-state index in [-0.39, 0.29) is 11.9 Å². The maximum Gasteiger partial charge on any atom is 0.251 e. The van der Waals surface area contributed by atoms with Crippen molar-refractivity contribution in [3.8, 4) is 0 Å².